The summed E-state index contributed by atoms with van der Waals surface area (Å²) in [6.45, 7) is 2.02. The van der Waals surface area contributed by atoms with Gasteiger partial charge in [0.15, 0.2) is 5.11 Å². The highest BCUT2D eigenvalue weighted by Gasteiger charge is 2.08. The first-order valence-corrected chi connectivity index (χ1v) is 10.5. The molecule has 2 aromatic carbocycles. The number of para-hydroxylation sites is 1. The highest BCUT2D eigenvalue weighted by atomic mass is 32.1. The van der Waals surface area contributed by atoms with Gasteiger partial charge in [-0.15, -0.1) is 0 Å². The van der Waals surface area contributed by atoms with Gasteiger partial charge in [-0.25, -0.2) is 0 Å². The van der Waals surface area contributed by atoms with Crippen LogP contribution in [0.2, 0.25) is 0 Å². The van der Waals surface area contributed by atoms with Crippen molar-refractivity contribution < 1.29 is 19.1 Å². The van der Waals surface area contributed by atoms with E-state index in [1.807, 2.05) is 19.1 Å². The molecule has 0 atom stereocenters. The van der Waals surface area contributed by atoms with E-state index in [2.05, 4.69) is 21.5 Å². The molecule has 0 radical (unpaired) electrons. The third kappa shape index (κ3) is 8.19. The van der Waals surface area contributed by atoms with Gasteiger partial charge >= 0.3 is 0 Å². The van der Waals surface area contributed by atoms with Crippen LogP contribution in [0.5, 0.6) is 5.75 Å². The number of rotatable bonds is 8. The Bertz CT molecular complexity index is 990. The summed E-state index contributed by atoms with van der Waals surface area (Å²) < 4.78 is 5.22. The van der Waals surface area contributed by atoms with Gasteiger partial charge in [-0.05, 0) is 55.0 Å². The standard InChI is InChI=1S/C23H26N4O4S/c1-3-4-9-20(28)24-18-13-10-17(11-14-18)22(30)26-27-23(32)25-21(29)15-12-16-7-5-6-8-19(16)31-2/h5-8,10-15H,3-4,9H2,1-2H3,(H,24,28)(H,26,30)(H2,25,27,29,32). The van der Waals surface area contributed by atoms with Crippen LogP contribution in [0.3, 0.4) is 0 Å². The number of hydrazine groups is 1. The van der Waals surface area contributed by atoms with Gasteiger partial charge in [0, 0.05) is 29.3 Å². The Kier molecular flexibility index (Phi) is 9.86. The number of benzene rings is 2. The number of hydrogen-bond acceptors (Lipinski definition) is 5. The molecule has 168 valence electrons. The van der Waals surface area contributed by atoms with Gasteiger partial charge in [-0.3, -0.25) is 30.6 Å². The van der Waals surface area contributed by atoms with Crippen molar-refractivity contribution in [1.82, 2.24) is 16.2 Å². The number of hydrogen-bond donors (Lipinski definition) is 4. The molecule has 4 N–H and O–H groups in total. The van der Waals surface area contributed by atoms with Crippen LogP contribution in [-0.4, -0.2) is 29.9 Å². The van der Waals surface area contributed by atoms with Crippen LogP contribution < -0.4 is 26.2 Å². The molecule has 0 aliphatic carbocycles. The van der Waals surface area contributed by atoms with Gasteiger partial charge < -0.3 is 10.1 Å². The summed E-state index contributed by atoms with van der Waals surface area (Å²) in [5, 5.41) is 5.15. The second-order valence-electron chi connectivity index (χ2n) is 6.70. The molecule has 0 spiro atoms. The Hall–Kier alpha value is -3.72. The number of thiocarbonyl (C=S) groups is 1. The molecule has 2 aromatic rings. The largest absolute Gasteiger partial charge is 0.496 e. The zero-order valence-electron chi connectivity index (χ0n) is 17.9. The lowest BCUT2D eigenvalue weighted by Gasteiger charge is -2.10. The fourth-order valence-corrected chi connectivity index (χ4v) is 2.76. The summed E-state index contributed by atoms with van der Waals surface area (Å²) >= 11 is 5.02. The van der Waals surface area contributed by atoms with Crippen LogP contribution in [0, 0.1) is 0 Å². The molecule has 3 amide bonds. The summed E-state index contributed by atoms with van der Waals surface area (Å²) in [5.41, 5.74) is 6.59. The molecular formula is C23H26N4O4S. The Labute approximate surface area is 192 Å². The minimum absolute atomic E-state index is 0.0622. The van der Waals surface area contributed by atoms with Gasteiger partial charge in [-0.2, -0.15) is 0 Å². The van der Waals surface area contributed by atoms with E-state index in [1.54, 1.807) is 49.6 Å². The summed E-state index contributed by atoms with van der Waals surface area (Å²) in [7, 11) is 1.55. The lowest BCUT2D eigenvalue weighted by Crippen LogP contribution is -2.48. The molecule has 0 heterocycles. The third-order valence-corrected chi connectivity index (χ3v) is 4.47. The van der Waals surface area contributed by atoms with Crippen molar-refractivity contribution in [2.24, 2.45) is 0 Å². The number of anilines is 1. The number of amides is 3. The van der Waals surface area contributed by atoms with Crippen molar-refractivity contribution in [2.75, 3.05) is 12.4 Å². The third-order valence-electron chi connectivity index (χ3n) is 4.27. The smallest absolute Gasteiger partial charge is 0.269 e. The Morgan fingerprint density at radius 2 is 1.75 bits per heavy atom. The molecule has 9 heteroatoms. The highest BCUT2D eigenvalue weighted by Crippen LogP contribution is 2.18. The molecule has 32 heavy (non-hydrogen) atoms. The molecule has 0 aliphatic heterocycles. The quantitative estimate of drug-likeness (QED) is 0.277. The van der Waals surface area contributed by atoms with Crippen molar-refractivity contribution in [3.63, 3.8) is 0 Å². The summed E-state index contributed by atoms with van der Waals surface area (Å²) in [4.78, 5) is 36.0. The zero-order valence-corrected chi connectivity index (χ0v) is 18.8. The first kappa shape index (κ1) is 24.5. The Balaban J connectivity index is 1.79. The summed E-state index contributed by atoms with van der Waals surface area (Å²) in [5.74, 6) is -0.344. The molecule has 0 aliphatic rings. The maximum Gasteiger partial charge on any atom is 0.269 e. The fourth-order valence-electron chi connectivity index (χ4n) is 2.61. The number of carbonyl (C=O) groups is 3. The molecule has 0 saturated carbocycles. The molecule has 2 rings (SSSR count). The highest BCUT2D eigenvalue weighted by molar-refractivity contribution is 7.80. The van der Waals surface area contributed by atoms with E-state index < -0.39 is 11.8 Å². The summed E-state index contributed by atoms with van der Waals surface area (Å²) in [6, 6.07) is 13.7. The van der Waals surface area contributed by atoms with Gasteiger partial charge in [0.25, 0.3) is 5.91 Å². The summed E-state index contributed by atoms with van der Waals surface area (Å²) in [6.07, 6.45) is 5.13. The lowest BCUT2D eigenvalue weighted by atomic mass is 10.2. The number of methoxy groups -OCH3 is 1. The van der Waals surface area contributed by atoms with E-state index in [9.17, 15) is 14.4 Å². The van der Waals surface area contributed by atoms with Crippen molar-refractivity contribution in [3.8, 4) is 5.75 Å². The maximum atomic E-state index is 12.2. The average Bonchev–Trinajstić information content (AvgIpc) is 2.80. The predicted molar refractivity (Wildman–Crippen MR) is 128 cm³/mol. The molecule has 0 aromatic heterocycles. The Morgan fingerprint density at radius 1 is 1.03 bits per heavy atom. The second kappa shape index (κ2) is 12.9. The van der Waals surface area contributed by atoms with Crippen LogP contribution in [0.15, 0.2) is 54.6 Å². The minimum atomic E-state index is -0.467. The van der Waals surface area contributed by atoms with E-state index >= 15 is 0 Å². The van der Waals surface area contributed by atoms with E-state index in [1.165, 1.54) is 6.08 Å². The first-order valence-electron chi connectivity index (χ1n) is 10.0. The molecular weight excluding hydrogens is 428 g/mol. The number of unbranched alkanes of at least 4 members (excludes halogenated alkanes) is 1. The van der Waals surface area contributed by atoms with Crippen molar-refractivity contribution in [3.05, 3.63) is 65.7 Å². The Morgan fingerprint density at radius 3 is 2.44 bits per heavy atom. The molecule has 0 bridgehead atoms. The van der Waals surface area contributed by atoms with Crippen molar-refractivity contribution >= 4 is 46.8 Å². The van der Waals surface area contributed by atoms with Crippen LogP contribution in [-0.2, 0) is 9.59 Å². The maximum absolute atomic E-state index is 12.2. The predicted octanol–water partition coefficient (Wildman–Crippen LogP) is 3.17. The zero-order chi connectivity index (χ0) is 23.3. The molecule has 0 unspecified atom stereocenters. The van der Waals surface area contributed by atoms with E-state index in [0.29, 0.717) is 23.4 Å². The van der Waals surface area contributed by atoms with E-state index in [0.717, 1.165) is 18.4 Å². The van der Waals surface area contributed by atoms with Gasteiger partial charge in [0.1, 0.15) is 5.75 Å². The first-order chi connectivity index (χ1) is 15.4. The SMILES string of the molecule is CCCCC(=O)Nc1ccc(C(=O)NNC(=S)NC(=O)C=Cc2ccccc2OC)cc1. The van der Waals surface area contributed by atoms with Crippen LogP contribution in [0.25, 0.3) is 6.08 Å². The van der Waals surface area contributed by atoms with Gasteiger partial charge in [0.2, 0.25) is 11.8 Å². The monoisotopic (exact) mass is 454 g/mol. The number of ether oxygens (including phenoxy) is 1. The van der Waals surface area contributed by atoms with E-state index in [-0.39, 0.29) is 11.0 Å². The van der Waals surface area contributed by atoms with Crippen molar-refractivity contribution in [2.45, 2.75) is 26.2 Å². The van der Waals surface area contributed by atoms with E-state index in [4.69, 9.17) is 17.0 Å². The van der Waals surface area contributed by atoms with Crippen LogP contribution in [0.1, 0.15) is 42.1 Å². The number of nitrogens with one attached hydrogen (secondary N) is 4. The topological polar surface area (TPSA) is 109 Å². The molecule has 0 fully saturated rings. The second-order valence-corrected chi connectivity index (χ2v) is 7.11. The fraction of sp³-hybridized carbons (Fsp3) is 0.217. The van der Waals surface area contributed by atoms with Gasteiger partial charge in [-0.1, -0.05) is 31.5 Å². The number of carbonyl (C=O) groups excluding carboxylic acids is 3. The molecule has 8 nitrogen and oxygen atoms in total. The molecule has 0 saturated heterocycles. The van der Waals surface area contributed by atoms with Crippen LogP contribution in [0.4, 0.5) is 5.69 Å². The van der Waals surface area contributed by atoms with Crippen molar-refractivity contribution in [1.29, 1.82) is 0 Å². The van der Waals surface area contributed by atoms with Crippen LogP contribution >= 0.6 is 12.2 Å². The average molecular weight is 455 g/mol. The normalized spacial score (nSPS) is 10.3. The lowest BCUT2D eigenvalue weighted by molar-refractivity contribution is -0.116. The minimum Gasteiger partial charge on any atom is -0.496 e. The van der Waals surface area contributed by atoms with Gasteiger partial charge in [0.05, 0.1) is 7.11 Å².